The lowest BCUT2D eigenvalue weighted by Crippen LogP contribution is -2.79. The van der Waals surface area contributed by atoms with E-state index in [1.807, 2.05) is 13.8 Å². The van der Waals surface area contributed by atoms with Gasteiger partial charge in [-0.1, -0.05) is 26.3 Å². The molecule has 11 nitrogen and oxygen atoms in total. The minimum Gasteiger partial charge on any atom is -0.504 e. The molecule has 2 bridgehead atoms. The van der Waals surface area contributed by atoms with Crippen molar-refractivity contribution in [1.29, 1.82) is 0 Å². The number of ether oxygens (including phenoxy) is 4. The van der Waals surface area contributed by atoms with Crippen molar-refractivity contribution in [2.24, 2.45) is 34.5 Å². The van der Waals surface area contributed by atoms with E-state index in [1.54, 1.807) is 20.8 Å². The van der Waals surface area contributed by atoms with Gasteiger partial charge in [0.1, 0.15) is 12.2 Å². The molecule has 0 aromatic carbocycles. The molecule has 2 heterocycles. The highest BCUT2D eigenvalue weighted by atomic mass is 16.6. The molecule has 5 rings (SSSR count). The summed E-state index contributed by atoms with van der Waals surface area (Å²) in [6.45, 7) is 8.72. The summed E-state index contributed by atoms with van der Waals surface area (Å²) >= 11 is 0. The van der Waals surface area contributed by atoms with Crippen molar-refractivity contribution in [3.63, 3.8) is 0 Å². The third-order valence-electron chi connectivity index (χ3n) is 10.3. The highest BCUT2D eigenvalue weighted by Crippen LogP contribution is 2.72. The Labute approximate surface area is 226 Å². The molecule has 2 saturated heterocycles. The van der Waals surface area contributed by atoms with Crippen LogP contribution in [0.4, 0.5) is 0 Å². The molecule has 0 radical (unpaired) electrons. The SMILES string of the molecule is COC(=O)[C@@]12OC[C@]34[C@H]([C@@H](O)[C@@H]1O)[C@@]1(C)CC(=O)C(O)=C(C)[C@@H]1C[C@H]3OC(=O)[C@H](OC(=O)C=C(C)C(C)C)[C@@H]24. The van der Waals surface area contributed by atoms with Crippen molar-refractivity contribution in [1.82, 2.24) is 0 Å². The molecule has 11 heteroatoms. The minimum atomic E-state index is -2.22. The van der Waals surface area contributed by atoms with Crippen molar-refractivity contribution < 1.29 is 53.4 Å². The van der Waals surface area contributed by atoms with Crippen LogP contribution in [-0.2, 0) is 38.1 Å². The summed E-state index contributed by atoms with van der Waals surface area (Å²) < 4.78 is 22.7. The summed E-state index contributed by atoms with van der Waals surface area (Å²) in [6.07, 6.45) is -4.75. The summed E-state index contributed by atoms with van der Waals surface area (Å²) in [5.74, 6) is -6.26. The summed E-state index contributed by atoms with van der Waals surface area (Å²) in [5.41, 5.74) is -3.43. The smallest absolute Gasteiger partial charge is 0.348 e. The molecule has 1 spiro atoms. The Bertz CT molecular complexity index is 1200. The fourth-order valence-corrected chi connectivity index (χ4v) is 8.37. The van der Waals surface area contributed by atoms with Gasteiger partial charge in [0.15, 0.2) is 11.5 Å². The first-order valence-electron chi connectivity index (χ1n) is 13.3. The highest BCUT2D eigenvalue weighted by molar-refractivity contribution is 5.95. The molecule has 2 saturated carbocycles. The average molecular weight is 549 g/mol. The van der Waals surface area contributed by atoms with Gasteiger partial charge in [-0.05, 0) is 43.1 Å². The van der Waals surface area contributed by atoms with Crippen LogP contribution in [0.5, 0.6) is 0 Å². The van der Waals surface area contributed by atoms with E-state index in [4.69, 9.17) is 18.9 Å². The van der Waals surface area contributed by atoms with Crippen LogP contribution in [0, 0.1) is 34.5 Å². The molecule has 2 aliphatic heterocycles. The number of aliphatic hydroxyl groups excluding tert-OH is 3. The van der Waals surface area contributed by atoms with Gasteiger partial charge in [0.25, 0.3) is 0 Å². The third kappa shape index (κ3) is 3.39. The number of fused-ring (bicyclic) bond motifs is 2. The molecule has 3 aliphatic carbocycles. The van der Waals surface area contributed by atoms with E-state index in [1.165, 1.54) is 6.08 Å². The fraction of sp³-hybridized carbons (Fsp3) is 0.714. The maximum atomic E-state index is 13.5. The lowest BCUT2D eigenvalue weighted by molar-refractivity contribution is -0.290. The number of aliphatic hydroxyl groups is 3. The second-order valence-electron chi connectivity index (χ2n) is 12.3. The maximum absolute atomic E-state index is 13.5. The Morgan fingerprint density at radius 2 is 1.85 bits per heavy atom. The molecular formula is C28H36O11. The molecule has 0 unspecified atom stereocenters. The molecule has 214 valence electrons. The number of carbonyl (C=O) groups excluding carboxylic acids is 4. The average Bonchev–Trinajstić information content (AvgIpc) is 3.18. The Balaban J connectivity index is 1.71. The normalized spacial score (nSPS) is 44.9. The van der Waals surface area contributed by atoms with Gasteiger partial charge in [-0.2, -0.15) is 0 Å². The molecule has 0 amide bonds. The Morgan fingerprint density at radius 1 is 1.18 bits per heavy atom. The van der Waals surface area contributed by atoms with Gasteiger partial charge in [-0.15, -0.1) is 0 Å². The predicted octanol–water partition coefficient (Wildman–Crippen LogP) is 1.15. The summed E-state index contributed by atoms with van der Waals surface area (Å²) in [4.78, 5) is 52.8. The number of hydrogen-bond acceptors (Lipinski definition) is 11. The highest BCUT2D eigenvalue weighted by Gasteiger charge is 2.85. The van der Waals surface area contributed by atoms with E-state index in [0.29, 0.717) is 11.1 Å². The summed E-state index contributed by atoms with van der Waals surface area (Å²) in [6, 6.07) is 0. The van der Waals surface area contributed by atoms with Crippen LogP contribution in [0.2, 0.25) is 0 Å². The van der Waals surface area contributed by atoms with Crippen LogP contribution in [0.1, 0.15) is 47.5 Å². The molecule has 0 aromatic rings. The van der Waals surface area contributed by atoms with Gasteiger partial charge in [0.05, 0.1) is 25.7 Å². The van der Waals surface area contributed by atoms with Gasteiger partial charge in [0, 0.05) is 23.8 Å². The quantitative estimate of drug-likeness (QED) is 0.262. The number of hydrogen-bond donors (Lipinski definition) is 3. The van der Waals surface area contributed by atoms with Crippen LogP contribution in [0.15, 0.2) is 23.0 Å². The first-order chi connectivity index (χ1) is 18.2. The van der Waals surface area contributed by atoms with Crippen molar-refractivity contribution >= 4 is 23.7 Å². The molecule has 5 aliphatic rings. The number of ketones is 1. The van der Waals surface area contributed by atoms with E-state index < -0.39 is 82.3 Å². The molecular weight excluding hydrogens is 512 g/mol. The van der Waals surface area contributed by atoms with Crippen LogP contribution in [-0.4, -0.2) is 82.7 Å². The third-order valence-corrected chi connectivity index (χ3v) is 10.3. The van der Waals surface area contributed by atoms with Crippen LogP contribution in [0.3, 0.4) is 0 Å². The summed E-state index contributed by atoms with van der Waals surface area (Å²) in [5, 5.41) is 33.7. The van der Waals surface area contributed by atoms with Crippen LogP contribution in [0.25, 0.3) is 0 Å². The topological polar surface area (TPSA) is 166 Å². The van der Waals surface area contributed by atoms with Crippen LogP contribution < -0.4 is 0 Å². The Kier molecular flexibility index (Phi) is 6.32. The van der Waals surface area contributed by atoms with E-state index >= 15 is 0 Å². The van der Waals surface area contributed by atoms with E-state index in [9.17, 15) is 34.5 Å². The number of carbonyl (C=O) groups is 4. The monoisotopic (exact) mass is 548 g/mol. The van der Waals surface area contributed by atoms with Gasteiger partial charge < -0.3 is 34.3 Å². The van der Waals surface area contributed by atoms with Crippen molar-refractivity contribution in [3.05, 3.63) is 23.0 Å². The predicted molar refractivity (Wildman–Crippen MR) is 132 cm³/mol. The van der Waals surface area contributed by atoms with Gasteiger partial charge in [-0.25, -0.2) is 14.4 Å². The number of Topliss-reactive ketones (excluding diaryl/α,β-unsaturated/α-hetero) is 1. The second kappa shape index (κ2) is 8.87. The van der Waals surface area contributed by atoms with Gasteiger partial charge in [0.2, 0.25) is 11.7 Å². The van der Waals surface area contributed by atoms with Crippen LogP contribution >= 0.6 is 0 Å². The fourth-order valence-electron chi connectivity index (χ4n) is 8.37. The lowest BCUT2D eigenvalue weighted by Gasteiger charge is -2.67. The maximum Gasteiger partial charge on any atom is 0.348 e. The zero-order chi connectivity index (χ0) is 28.8. The molecule has 4 fully saturated rings. The minimum absolute atomic E-state index is 0.0302. The molecule has 3 N–H and O–H groups in total. The van der Waals surface area contributed by atoms with Crippen molar-refractivity contribution in [2.75, 3.05) is 13.7 Å². The van der Waals surface area contributed by atoms with Crippen molar-refractivity contribution in [2.45, 2.75) is 77.5 Å². The number of esters is 3. The number of rotatable bonds is 4. The zero-order valence-corrected chi connectivity index (χ0v) is 22.9. The first kappa shape index (κ1) is 27.8. The largest absolute Gasteiger partial charge is 0.504 e. The van der Waals surface area contributed by atoms with E-state index in [-0.39, 0.29) is 31.1 Å². The van der Waals surface area contributed by atoms with Crippen molar-refractivity contribution in [3.8, 4) is 0 Å². The Morgan fingerprint density at radius 3 is 2.46 bits per heavy atom. The van der Waals surface area contributed by atoms with E-state index in [2.05, 4.69) is 0 Å². The standard InChI is InChI=1S/C28H36O11/c1-11(2)12(3)7-17(30)39-20-22-27-10-37-28(22,25(35)36-6)23(33)19(32)21(27)26(5)9-15(29)18(31)13(4)14(26)8-16(27)38-24(20)34/h7,11,14,16,19-23,31-33H,8-10H2,1-6H3/t14-,16+,19+,20+,21+,22+,23-,26-,27+,28-/m0/s1. The second-order valence-corrected chi connectivity index (χ2v) is 12.3. The van der Waals surface area contributed by atoms with E-state index in [0.717, 1.165) is 7.11 Å². The number of allylic oxidation sites excluding steroid dienone is 3. The molecule has 0 aromatic heterocycles. The van der Waals surface area contributed by atoms with Gasteiger partial charge >= 0.3 is 17.9 Å². The molecule has 39 heavy (non-hydrogen) atoms. The molecule has 10 atom stereocenters. The van der Waals surface area contributed by atoms with Gasteiger partial charge in [-0.3, -0.25) is 4.79 Å². The lowest BCUT2D eigenvalue weighted by atomic mass is 9.38. The first-order valence-corrected chi connectivity index (χ1v) is 13.3. The number of methoxy groups -OCH3 is 1. The summed E-state index contributed by atoms with van der Waals surface area (Å²) in [7, 11) is 1.10. The Hall–Kier alpha value is -2.76. The zero-order valence-electron chi connectivity index (χ0n) is 22.9.